The predicted octanol–water partition coefficient (Wildman–Crippen LogP) is 3.21. The molecule has 3 aliphatic heterocycles. The van der Waals surface area contributed by atoms with Crippen LogP contribution in [0, 0.1) is 0 Å². The Morgan fingerprint density at radius 2 is 1.91 bits per heavy atom. The van der Waals surface area contributed by atoms with Gasteiger partial charge in [0, 0.05) is 33.2 Å². The largest absolute Gasteiger partial charge is 0.488 e. The molecule has 1 N–H and O–H groups in total. The molecule has 0 spiro atoms. The molecule has 180 valence electrons. The molecule has 34 heavy (non-hydrogen) atoms. The molecule has 1 atom stereocenters. The molecule has 0 amide bonds. The van der Waals surface area contributed by atoms with Gasteiger partial charge in [0.2, 0.25) is 11.9 Å². The van der Waals surface area contributed by atoms with E-state index >= 15 is 0 Å². The van der Waals surface area contributed by atoms with Crippen LogP contribution in [0.15, 0.2) is 24.3 Å². The first-order chi connectivity index (χ1) is 16.7. The van der Waals surface area contributed by atoms with Crippen molar-refractivity contribution in [2.75, 3.05) is 63.1 Å². The Bertz CT molecular complexity index is 1190. The van der Waals surface area contributed by atoms with Crippen LogP contribution in [0.25, 0.3) is 17.0 Å². The van der Waals surface area contributed by atoms with Crippen molar-refractivity contribution in [2.45, 2.75) is 30.1 Å². The van der Waals surface area contributed by atoms with Gasteiger partial charge in [-0.3, -0.25) is 0 Å². The third kappa shape index (κ3) is 3.50. The first-order valence-corrected chi connectivity index (χ1v) is 13.1. The van der Waals surface area contributed by atoms with Crippen molar-refractivity contribution in [3.63, 3.8) is 0 Å². The van der Waals surface area contributed by atoms with Crippen molar-refractivity contribution in [1.29, 1.82) is 0 Å². The van der Waals surface area contributed by atoms with Gasteiger partial charge in [0.25, 0.3) is 0 Å². The van der Waals surface area contributed by atoms with Crippen molar-refractivity contribution in [1.82, 2.24) is 19.5 Å². The van der Waals surface area contributed by atoms with Crippen LogP contribution in [-0.4, -0.2) is 78.4 Å². The average molecular weight is 483 g/mol. The minimum absolute atomic E-state index is 0.192. The molecule has 3 aliphatic rings. The van der Waals surface area contributed by atoms with E-state index in [2.05, 4.69) is 22.5 Å². The number of nitrogens with one attached hydrogen (secondary N) is 1. The van der Waals surface area contributed by atoms with Crippen LogP contribution in [0.3, 0.4) is 0 Å². The fraction of sp³-hybridized carbons (Fsp3) is 0.542. The Hall–Kier alpha value is -2.56. The van der Waals surface area contributed by atoms with Crippen LogP contribution >= 0.6 is 11.8 Å². The summed E-state index contributed by atoms with van der Waals surface area (Å²) in [5.41, 5.74) is 2.84. The SMILES string of the molecule is CNc1nc2ccccc2n1-c1nc2c(c(C3(SC)CCOCC3)n1)OCCC1COCCN21. The number of fused-ring (bicyclic) bond motifs is 4. The summed E-state index contributed by atoms with van der Waals surface area (Å²) in [5.74, 6) is 3.01. The highest BCUT2D eigenvalue weighted by Crippen LogP contribution is 2.49. The molecule has 2 saturated heterocycles. The van der Waals surface area contributed by atoms with Crippen molar-refractivity contribution in [2.24, 2.45) is 0 Å². The monoisotopic (exact) mass is 482 g/mol. The molecule has 5 heterocycles. The lowest BCUT2D eigenvalue weighted by molar-refractivity contribution is 0.0750. The van der Waals surface area contributed by atoms with Crippen LogP contribution in [0.1, 0.15) is 25.0 Å². The number of anilines is 2. The Kier molecular flexibility index (Phi) is 5.74. The van der Waals surface area contributed by atoms with E-state index in [0.29, 0.717) is 44.9 Å². The number of nitrogens with zero attached hydrogens (tertiary/aromatic N) is 5. The fourth-order valence-electron chi connectivity index (χ4n) is 5.27. The molecule has 0 radical (unpaired) electrons. The number of morpholine rings is 1. The maximum absolute atomic E-state index is 6.45. The number of hydrogen-bond donors (Lipinski definition) is 1. The van der Waals surface area contributed by atoms with Crippen LogP contribution in [0.2, 0.25) is 0 Å². The molecule has 10 heteroatoms. The molecule has 6 rings (SSSR count). The summed E-state index contributed by atoms with van der Waals surface area (Å²) in [6.45, 7) is 4.21. The number of hydrogen-bond acceptors (Lipinski definition) is 9. The maximum Gasteiger partial charge on any atom is 0.239 e. The van der Waals surface area contributed by atoms with E-state index < -0.39 is 0 Å². The van der Waals surface area contributed by atoms with Crippen molar-refractivity contribution >= 4 is 34.6 Å². The van der Waals surface area contributed by atoms with Crippen molar-refractivity contribution in [3.05, 3.63) is 30.0 Å². The van der Waals surface area contributed by atoms with Gasteiger partial charge in [-0.2, -0.15) is 16.7 Å². The Morgan fingerprint density at radius 3 is 2.74 bits per heavy atom. The van der Waals surface area contributed by atoms with E-state index in [4.69, 9.17) is 29.2 Å². The van der Waals surface area contributed by atoms with Gasteiger partial charge in [-0.25, -0.2) is 14.5 Å². The average Bonchev–Trinajstić information content (AvgIpc) is 3.17. The molecule has 0 bridgehead atoms. The zero-order valence-corrected chi connectivity index (χ0v) is 20.4. The van der Waals surface area contributed by atoms with Gasteiger partial charge in [0.05, 0.1) is 41.6 Å². The van der Waals surface area contributed by atoms with Crippen LogP contribution in [0.4, 0.5) is 11.8 Å². The molecular formula is C24H30N6O3S. The second-order valence-electron chi connectivity index (χ2n) is 8.90. The molecular weight excluding hydrogens is 452 g/mol. The highest BCUT2D eigenvalue weighted by Gasteiger charge is 2.42. The molecule has 1 unspecified atom stereocenters. The summed E-state index contributed by atoms with van der Waals surface area (Å²) < 4.78 is 19.8. The smallest absolute Gasteiger partial charge is 0.239 e. The van der Waals surface area contributed by atoms with Gasteiger partial charge in [-0.15, -0.1) is 0 Å². The normalized spacial score (nSPS) is 21.9. The molecule has 2 aromatic heterocycles. The van der Waals surface area contributed by atoms with Gasteiger partial charge in [-0.05, 0) is 31.2 Å². The highest BCUT2D eigenvalue weighted by atomic mass is 32.2. The molecule has 0 saturated carbocycles. The molecule has 1 aromatic carbocycles. The van der Waals surface area contributed by atoms with Gasteiger partial charge in [0.15, 0.2) is 11.6 Å². The van der Waals surface area contributed by atoms with E-state index in [0.717, 1.165) is 54.1 Å². The van der Waals surface area contributed by atoms with E-state index in [-0.39, 0.29) is 10.8 Å². The van der Waals surface area contributed by atoms with Gasteiger partial charge in [-0.1, -0.05) is 12.1 Å². The first-order valence-electron chi connectivity index (χ1n) is 11.9. The second-order valence-corrected chi connectivity index (χ2v) is 10.1. The van der Waals surface area contributed by atoms with Crippen molar-refractivity contribution < 1.29 is 14.2 Å². The quantitative estimate of drug-likeness (QED) is 0.602. The Morgan fingerprint density at radius 1 is 1.06 bits per heavy atom. The number of para-hydroxylation sites is 2. The number of ether oxygens (including phenoxy) is 3. The minimum Gasteiger partial charge on any atom is -0.488 e. The molecule has 9 nitrogen and oxygen atoms in total. The van der Waals surface area contributed by atoms with E-state index in [1.807, 2.05) is 41.6 Å². The third-order valence-corrected chi connectivity index (χ3v) is 8.52. The Labute approximate surface area is 203 Å². The Balaban J connectivity index is 1.62. The van der Waals surface area contributed by atoms with Gasteiger partial charge in [0.1, 0.15) is 5.69 Å². The number of thioether (sulfide) groups is 1. The standard InChI is InChI=1S/C24H30N6O3S/c1-25-22-26-17-5-3-4-6-18(17)30(22)23-27-20(24(34-2)8-12-31-13-9-24)19-21(28-23)29-10-14-32-15-16(29)7-11-33-19/h3-6,16H,7-15H2,1-2H3,(H,25,26). The van der Waals surface area contributed by atoms with Crippen LogP contribution in [-0.2, 0) is 14.2 Å². The fourth-order valence-corrected chi connectivity index (χ4v) is 6.17. The van der Waals surface area contributed by atoms with Gasteiger partial charge < -0.3 is 24.4 Å². The second kappa shape index (κ2) is 8.90. The van der Waals surface area contributed by atoms with E-state index in [9.17, 15) is 0 Å². The van der Waals surface area contributed by atoms with E-state index in [1.165, 1.54) is 0 Å². The topological polar surface area (TPSA) is 86.6 Å². The predicted molar refractivity (Wildman–Crippen MR) is 134 cm³/mol. The molecule has 0 aliphatic carbocycles. The maximum atomic E-state index is 6.45. The number of benzene rings is 1. The van der Waals surface area contributed by atoms with Crippen LogP contribution < -0.4 is 15.0 Å². The summed E-state index contributed by atoms with van der Waals surface area (Å²) in [5, 5.41) is 3.24. The minimum atomic E-state index is -0.192. The highest BCUT2D eigenvalue weighted by molar-refractivity contribution is 7.99. The summed E-state index contributed by atoms with van der Waals surface area (Å²) >= 11 is 1.84. The summed E-state index contributed by atoms with van der Waals surface area (Å²) in [6, 6.07) is 8.34. The van der Waals surface area contributed by atoms with Crippen molar-refractivity contribution in [3.8, 4) is 11.7 Å². The zero-order valence-electron chi connectivity index (χ0n) is 19.6. The lowest BCUT2D eigenvalue weighted by atomic mass is 9.94. The van der Waals surface area contributed by atoms with E-state index in [1.54, 1.807) is 0 Å². The summed E-state index contributed by atoms with van der Waals surface area (Å²) in [7, 11) is 1.88. The molecule has 3 aromatic rings. The number of imidazole rings is 1. The molecule has 2 fully saturated rings. The number of aromatic nitrogens is 4. The number of rotatable bonds is 4. The summed E-state index contributed by atoms with van der Waals surface area (Å²) in [6.07, 6.45) is 4.84. The van der Waals surface area contributed by atoms with Gasteiger partial charge >= 0.3 is 0 Å². The van der Waals surface area contributed by atoms with Crippen LogP contribution in [0.5, 0.6) is 5.75 Å². The zero-order chi connectivity index (χ0) is 23.1. The first kappa shape index (κ1) is 21.9. The third-order valence-electron chi connectivity index (χ3n) is 7.14. The lowest BCUT2D eigenvalue weighted by Gasteiger charge is -2.38. The lowest BCUT2D eigenvalue weighted by Crippen LogP contribution is -2.46. The summed E-state index contributed by atoms with van der Waals surface area (Å²) in [4.78, 5) is 17.6.